The van der Waals surface area contributed by atoms with Crippen LogP contribution in [0.15, 0.2) is 18.2 Å². The summed E-state index contributed by atoms with van der Waals surface area (Å²) in [4.78, 5) is 0. The lowest BCUT2D eigenvalue weighted by Crippen LogP contribution is -2.41. The van der Waals surface area contributed by atoms with Crippen molar-refractivity contribution in [3.05, 3.63) is 35.4 Å². The second-order valence-corrected chi connectivity index (χ2v) is 7.51. The zero-order valence-corrected chi connectivity index (χ0v) is 12.8. The van der Waals surface area contributed by atoms with Crippen molar-refractivity contribution in [3.8, 4) is 0 Å². The first-order valence-electron chi connectivity index (χ1n) is 6.76. The first-order valence-corrected chi connectivity index (χ1v) is 8.58. The highest BCUT2D eigenvalue weighted by atomic mass is 32.2. The van der Waals surface area contributed by atoms with E-state index in [-0.39, 0.29) is 30.0 Å². The molecule has 0 radical (unpaired) electrons. The molecule has 0 bridgehead atoms. The van der Waals surface area contributed by atoms with E-state index in [1.807, 2.05) is 0 Å². The summed E-state index contributed by atoms with van der Waals surface area (Å²) in [6.45, 7) is 1.17. The van der Waals surface area contributed by atoms with Gasteiger partial charge in [-0.15, -0.1) is 0 Å². The first kappa shape index (κ1) is 18.0. The van der Waals surface area contributed by atoms with Gasteiger partial charge in [0.15, 0.2) is 0 Å². The fraction of sp³-hybridized carbons (Fsp3) is 0.571. The van der Waals surface area contributed by atoms with Crippen LogP contribution in [0.25, 0.3) is 0 Å². The molecule has 1 rings (SSSR count). The number of aliphatic hydroxyl groups is 1. The number of halogens is 2. The van der Waals surface area contributed by atoms with Crippen molar-refractivity contribution >= 4 is 9.84 Å². The second kappa shape index (κ2) is 7.29. The van der Waals surface area contributed by atoms with Crippen molar-refractivity contribution in [2.75, 3.05) is 24.7 Å². The Balaban J connectivity index is 3.08. The molecule has 120 valence electrons. The number of aliphatic hydroxyl groups excluding tert-OH is 1. The van der Waals surface area contributed by atoms with E-state index >= 15 is 0 Å². The van der Waals surface area contributed by atoms with Gasteiger partial charge in [-0.3, -0.25) is 0 Å². The Hall–Kier alpha value is -1.05. The maximum absolute atomic E-state index is 13.3. The third-order valence-corrected chi connectivity index (χ3v) is 5.43. The van der Waals surface area contributed by atoms with Gasteiger partial charge >= 0.3 is 0 Å². The number of rotatable bonds is 8. The standard InChI is InChI=1S/C14H21F2NO3S/c1-2-4-21(19,20)5-3-14(9-17,10-18)11-6-12(15)8-13(16)7-11/h6-8,18H,2-5,9-10,17H2,1H3. The van der Waals surface area contributed by atoms with Crippen LogP contribution in [0.1, 0.15) is 25.3 Å². The molecule has 0 saturated carbocycles. The van der Waals surface area contributed by atoms with Crippen molar-refractivity contribution in [1.82, 2.24) is 0 Å². The Bertz CT molecular complexity index is 551. The van der Waals surface area contributed by atoms with Gasteiger partial charge in [0.1, 0.15) is 21.5 Å². The summed E-state index contributed by atoms with van der Waals surface area (Å²) in [6.07, 6.45) is 0.511. The topological polar surface area (TPSA) is 80.4 Å². The zero-order valence-electron chi connectivity index (χ0n) is 12.0. The molecule has 0 spiro atoms. The van der Waals surface area contributed by atoms with Crippen molar-refractivity contribution in [2.24, 2.45) is 5.73 Å². The molecule has 21 heavy (non-hydrogen) atoms. The molecule has 1 atom stereocenters. The van der Waals surface area contributed by atoms with Gasteiger partial charge in [-0.05, 0) is 30.5 Å². The van der Waals surface area contributed by atoms with Crippen LogP contribution in [0.2, 0.25) is 0 Å². The van der Waals surface area contributed by atoms with Gasteiger partial charge < -0.3 is 10.8 Å². The highest BCUT2D eigenvalue weighted by molar-refractivity contribution is 7.91. The van der Waals surface area contributed by atoms with E-state index in [4.69, 9.17) is 5.73 Å². The van der Waals surface area contributed by atoms with Crippen LogP contribution >= 0.6 is 0 Å². The molecular formula is C14H21F2NO3S. The highest BCUT2D eigenvalue weighted by Crippen LogP contribution is 2.29. The molecule has 1 aromatic rings. The fourth-order valence-electron chi connectivity index (χ4n) is 2.22. The zero-order chi connectivity index (χ0) is 16.1. The number of hydrogen-bond donors (Lipinski definition) is 2. The highest BCUT2D eigenvalue weighted by Gasteiger charge is 2.32. The van der Waals surface area contributed by atoms with Crippen LogP contribution in [-0.4, -0.2) is 38.2 Å². The molecule has 0 saturated heterocycles. The maximum Gasteiger partial charge on any atom is 0.150 e. The average molecular weight is 321 g/mol. The quantitative estimate of drug-likeness (QED) is 0.758. The van der Waals surface area contributed by atoms with Gasteiger partial charge in [-0.25, -0.2) is 17.2 Å². The minimum atomic E-state index is -3.27. The van der Waals surface area contributed by atoms with Crippen molar-refractivity contribution in [1.29, 1.82) is 0 Å². The minimum absolute atomic E-state index is 0.0191. The third kappa shape index (κ3) is 4.72. The first-order chi connectivity index (χ1) is 9.78. The largest absolute Gasteiger partial charge is 0.395 e. The number of sulfone groups is 1. The van der Waals surface area contributed by atoms with E-state index < -0.39 is 33.5 Å². The van der Waals surface area contributed by atoms with Crippen LogP contribution in [0.4, 0.5) is 8.78 Å². The molecule has 0 fully saturated rings. The number of nitrogens with two attached hydrogens (primary N) is 1. The van der Waals surface area contributed by atoms with Gasteiger partial charge in [0.05, 0.1) is 12.4 Å². The molecule has 1 unspecified atom stereocenters. The molecule has 1 aromatic carbocycles. The Morgan fingerprint density at radius 2 is 1.76 bits per heavy atom. The molecular weight excluding hydrogens is 300 g/mol. The van der Waals surface area contributed by atoms with Crippen LogP contribution in [-0.2, 0) is 15.3 Å². The fourth-order valence-corrected chi connectivity index (χ4v) is 3.75. The minimum Gasteiger partial charge on any atom is -0.395 e. The summed E-state index contributed by atoms with van der Waals surface area (Å²) < 4.78 is 50.3. The molecule has 4 nitrogen and oxygen atoms in total. The van der Waals surface area contributed by atoms with E-state index in [0.29, 0.717) is 6.42 Å². The lowest BCUT2D eigenvalue weighted by Gasteiger charge is -2.31. The number of benzene rings is 1. The van der Waals surface area contributed by atoms with Crippen LogP contribution in [0.3, 0.4) is 0 Å². The Morgan fingerprint density at radius 1 is 1.19 bits per heavy atom. The molecule has 0 heterocycles. The summed E-state index contributed by atoms with van der Waals surface area (Å²) in [5.41, 5.74) is 4.67. The normalized spacial score (nSPS) is 14.9. The SMILES string of the molecule is CCCS(=O)(=O)CCC(CN)(CO)c1cc(F)cc(F)c1. The molecule has 0 aliphatic heterocycles. The lowest BCUT2D eigenvalue weighted by molar-refractivity contribution is 0.192. The summed E-state index contributed by atoms with van der Waals surface area (Å²) in [5, 5.41) is 9.62. The number of hydrogen-bond acceptors (Lipinski definition) is 4. The Kier molecular flexibility index (Phi) is 6.24. The molecule has 0 aromatic heterocycles. The van der Waals surface area contributed by atoms with Crippen LogP contribution in [0.5, 0.6) is 0 Å². The molecule has 0 amide bonds. The Labute approximate surface area is 123 Å². The second-order valence-electron chi connectivity index (χ2n) is 5.20. The van der Waals surface area contributed by atoms with E-state index in [9.17, 15) is 22.3 Å². The Morgan fingerprint density at radius 3 is 2.19 bits per heavy atom. The summed E-state index contributed by atoms with van der Waals surface area (Å²) >= 11 is 0. The van der Waals surface area contributed by atoms with E-state index in [0.717, 1.165) is 18.2 Å². The van der Waals surface area contributed by atoms with Gasteiger partial charge in [0.2, 0.25) is 0 Å². The van der Waals surface area contributed by atoms with Crippen molar-refractivity contribution in [2.45, 2.75) is 25.2 Å². The van der Waals surface area contributed by atoms with Crippen LogP contribution < -0.4 is 5.73 Å². The van der Waals surface area contributed by atoms with Crippen molar-refractivity contribution in [3.63, 3.8) is 0 Å². The van der Waals surface area contributed by atoms with Crippen molar-refractivity contribution < 1.29 is 22.3 Å². The molecule has 7 heteroatoms. The van der Waals surface area contributed by atoms with Crippen LogP contribution in [0, 0.1) is 11.6 Å². The lowest BCUT2D eigenvalue weighted by atomic mass is 9.79. The third-order valence-electron chi connectivity index (χ3n) is 3.58. The van der Waals surface area contributed by atoms with E-state index in [1.54, 1.807) is 6.92 Å². The van der Waals surface area contributed by atoms with Gasteiger partial charge in [0.25, 0.3) is 0 Å². The smallest absolute Gasteiger partial charge is 0.150 e. The average Bonchev–Trinajstić information content (AvgIpc) is 2.39. The van der Waals surface area contributed by atoms with Gasteiger partial charge in [-0.2, -0.15) is 0 Å². The molecule has 0 aliphatic carbocycles. The monoisotopic (exact) mass is 321 g/mol. The van der Waals surface area contributed by atoms with E-state index in [1.165, 1.54) is 0 Å². The maximum atomic E-state index is 13.3. The van der Waals surface area contributed by atoms with Gasteiger partial charge in [-0.1, -0.05) is 6.92 Å². The predicted octanol–water partition coefficient (Wildman–Crippen LogP) is 1.37. The van der Waals surface area contributed by atoms with E-state index in [2.05, 4.69) is 0 Å². The summed E-state index contributed by atoms with van der Waals surface area (Å²) in [6, 6.07) is 2.88. The van der Waals surface area contributed by atoms with Gasteiger partial charge in [0, 0.05) is 23.8 Å². The summed E-state index contributed by atoms with van der Waals surface area (Å²) in [5.74, 6) is -1.71. The molecule has 0 aliphatic rings. The predicted molar refractivity (Wildman–Crippen MR) is 77.7 cm³/mol. The molecule has 3 N–H and O–H groups in total. The summed E-state index contributed by atoms with van der Waals surface area (Å²) in [7, 11) is -3.27.